The Balaban J connectivity index is 2.74. The van der Waals surface area contributed by atoms with Gasteiger partial charge in [0.25, 0.3) is 0 Å². The molecule has 1 aromatic rings. The molecular weight excluding hydrogens is 273 g/mol. The first-order valence-corrected chi connectivity index (χ1v) is 6.75. The van der Waals surface area contributed by atoms with E-state index in [4.69, 9.17) is 4.74 Å². The second kappa shape index (κ2) is 7.57. The van der Waals surface area contributed by atoms with Crippen LogP contribution >= 0.6 is 0 Å². The van der Waals surface area contributed by atoms with Crippen molar-refractivity contribution in [2.45, 2.75) is 32.2 Å². The van der Waals surface area contributed by atoms with Crippen molar-refractivity contribution < 1.29 is 18.7 Å². The van der Waals surface area contributed by atoms with Crippen LogP contribution < -0.4 is 5.32 Å². The molecule has 21 heavy (non-hydrogen) atoms. The molecule has 0 aromatic heterocycles. The summed E-state index contributed by atoms with van der Waals surface area (Å²) >= 11 is 0. The van der Waals surface area contributed by atoms with Gasteiger partial charge in [-0.3, -0.25) is 4.79 Å². The summed E-state index contributed by atoms with van der Waals surface area (Å²) in [5.74, 6) is -1.22. The Kier molecular flexibility index (Phi) is 6.09. The lowest BCUT2D eigenvalue weighted by Gasteiger charge is -2.26. The number of carbonyl (C=O) groups excluding carboxylic acids is 2. The molecule has 5 heteroatoms. The maximum absolute atomic E-state index is 12.8. The van der Waals surface area contributed by atoms with Crippen LogP contribution in [-0.2, 0) is 14.3 Å². The van der Waals surface area contributed by atoms with E-state index in [9.17, 15) is 14.0 Å². The Labute approximate surface area is 124 Å². The highest BCUT2D eigenvalue weighted by atomic mass is 19.1. The molecule has 0 saturated carbocycles. The maximum Gasteiger partial charge on any atom is 0.331 e. The molecule has 1 rings (SSSR count). The molecule has 114 valence electrons. The molecule has 1 atom stereocenters. The quantitative estimate of drug-likeness (QED) is 0.648. The van der Waals surface area contributed by atoms with Crippen LogP contribution in [0, 0.1) is 5.82 Å². The van der Waals surface area contributed by atoms with E-state index < -0.39 is 17.4 Å². The van der Waals surface area contributed by atoms with Crippen molar-refractivity contribution in [2.24, 2.45) is 0 Å². The van der Waals surface area contributed by atoms with Gasteiger partial charge in [0.15, 0.2) is 0 Å². The molecule has 0 spiro atoms. The van der Waals surface area contributed by atoms with Gasteiger partial charge in [-0.2, -0.15) is 0 Å². The van der Waals surface area contributed by atoms with Crippen LogP contribution in [0.3, 0.4) is 0 Å². The molecule has 0 heterocycles. The van der Waals surface area contributed by atoms with Gasteiger partial charge in [-0.25, -0.2) is 9.18 Å². The minimum Gasteiger partial charge on any atom is -0.467 e. The zero-order valence-corrected chi connectivity index (χ0v) is 12.5. The fraction of sp³-hybridized carbons (Fsp3) is 0.375. The number of amides is 1. The van der Waals surface area contributed by atoms with Crippen molar-refractivity contribution in [3.05, 3.63) is 41.7 Å². The lowest BCUT2D eigenvalue weighted by atomic mass is 9.96. The third-order valence-electron chi connectivity index (χ3n) is 3.08. The van der Waals surface area contributed by atoms with Crippen molar-refractivity contribution in [1.82, 2.24) is 5.32 Å². The van der Waals surface area contributed by atoms with E-state index in [-0.39, 0.29) is 5.82 Å². The summed E-state index contributed by atoms with van der Waals surface area (Å²) in [7, 11) is 1.29. The highest BCUT2D eigenvalue weighted by molar-refractivity contribution is 5.96. The van der Waals surface area contributed by atoms with Gasteiger partial charge in [-0.1, -0.05) is 25.5 Å². The Morgan fingerprint density at radius 2 is 1.95 bits per heavy atom. The number of rotatable bonds is 6. The van der Waals surface area contributed by atoms with Gasteiger partial charge in [0.05, 0.1) is 7.11 Å². The number of carbonyl (C=O) groups is 2. The molecule has 1 N–H and O–H groups in total. The summed E-state index contributed by atoms with van der Waals surface area (Å²) in [6, 6.07) is 5.75. The SMILES string of the molecule is CCCC(C)(NC(=O)/C=C/c1ccc(F)cc1)C(=O)OC. The van der Waals surface area contributed by atoms with Gasteiger partial charge in [-0.05, 0) is 37.1 Å². The predicted molar refractivity (Wildman–Crippen MR) is 78.9 cm³/mol. The average Bonchev–Trinajstić information content (AvgIpc) is 2.46. The van der Waals surface area contributed by atoms with Crippen molar-refractivity contribution in [3.8, 4) is 0 Å². The average molecular weight is 293 g/mol. The zero-order valence-electron chi connectivity index (χ0n) is 12.5. The molecule has 0 aliphatic heterocycles. The number of hydrogen-bond acceptors (Lipinski definition) is 3. The Morgan fingerprint density at radius 3 is 2.48 bits per heavy atom. The summed E-state index contributed by atoms with van der Waals surface area (Å²) in [6.07, 6.45) is 4.08. The van der Waals surface area contributed by atoms with E-state index in [1.54, 1.807) is 25.1 Å². The van der Waals surface area contributed by atoms with Gasteiger partial charge in [0, 0.05) is 6.08 Å². The van der Waals surface area contributed by atoms with E-state index in [1.165, 1.54) is 25.3 Å². The van der Waals surface area contributed by atoms with E-state index in [1.807, 2.05) is 6.92 Å². The normalized spacial score (nSPS) is 13.7. The van der Waals surface area contributed by atoms with Crippen LogP contribution in [0.15, 0.2) is 30.3 Å². The first-order valence-electron chi connectivity index (χ1n) is 6.75. The zero-order chi connectivity index (χ0) is 15.9. The number of ether oxygens (including phenoxy) is 1. The lowest BCUT2D eigenvalue weighted by Crippen LogP contribution is -2.52. The molecule has 0 aliphatic rings. The highest BCUT2D eigenvalue weighted by Gasteiger charge is 2.34. The number of halogens is 1. The molecule has 0 radical (unpaired) electrons. The monoisotopic (exact) mass is 293 g/mol. The molecule has 0 aliphatic carbocycles. The Morgan fingerprint density at radius 1 is 1.33 bits per heavy atom. The van der Waals surface area contributed by atoms with Gasteiger partial charge in [-0.15, -0.1) is 0 Å². The van der Waals surface area contributed by atoms with E-state index in [2.05, 4.69) is 5.32 Å². The Hall–Kier alpha value is -2.17. The van der Waals surface area contributed by atoms with Gasteiger partial charge in [0.2, 0.25) is 5.91 Å². The lowest BCUT2D eigenvalue weighted by molar-refractivity contribution is -0.150. The van der Waals surface area contributed by atoms with Crippen molar-refractivity contribution >= 4 is 18.0 Å². The van der Waals surface area contributed by atoms with Crippen LogP contribution in [0.4, 0.5) is 4.39 Å². The Bertz CT molecular complexity index is 525. The minimum atomic E-state index is -1.05. The highest BCUT2D eigenvalue weighted by Crippen LogP contribution is 2.14. The molecule has 1 unspecified atom stereocenters. The number of hydrogen-bond donors (Lipinski definition) is 1. The molecule has 0 saturated heterocycles. The van der Waals surface area contributed by atoms with Crippen LogP contribution in [0.2, 0.25) is 0 Å². The standard InChI is InChI=1S/C16H20FNO3/c1-4-11-16(2,15(20)21-3)18-14(19)10-7-12-5-8-13(17)9-6-12/h5-10H,4,11H2,1-3H3,(H,18,19)/b10-7+. The largest absolute Gasteiger partial charge is 0.467 e. The summed E-state index contributed by atoms with van der Waals surface area (Å²) in [6.45, 7) is 3.55. The van der Waals surface area contributed by atoms with Crippen LogP contribution in [-0.4, -0.2) is 24.5 Å². The molecule has 1 amide bonds. The van der Waals surface area contributed by atoms with Crippen molar-refractivity contribution in [2.75, 3.05) is 7.11 Å². The maximum atomic E-state index is 12.8. The molecule has 1 aromatic carbocycles. The molecular formula is C16H20FNO3. The topological polar surface area (TPSA) is 55.4 Å². The summed E-state index contributed by atoms with van der Waals surface area (Å²) in [5, 5.41) is 2.65. The summed E-state index contributed by atoms with van der Waals surface area (Å²) in [4.78, 5) is 23.7. The van der Waals surface area contributed by atoms with Crippen LogP contribution in [0.25, 0.3) is 6.08 Å². The number of esters is 1. The third-order valence-corrected chi connectivity index (χ3v) is 3.08. The van der Waals surface area contributed by atoms with Gasteiger partial charge < -0.3 is 10.1 Å². The predicted octanol–water partition coefficient (Wildman–Crippen LogP) is 2.69. The number of methoxy groups -OCH3 is 1. The van der Waals surface area contributed by atoms with Crippen molar-refractivity contribution in [1.29, 1.82) is 0 Å². The van der Waals surface area contributed by atoms with E-state index >= 15 is 0 Å². The smallest absolute Gasteiger partial charge is 0.331 e. The first kappa shape index (κ1) is 16.9. The minimum absolute atomic E-state index is 0.335. The van der Waals surface area contributed by atoms with Gasteiger partial charge in [0.1, 0.15) is 11.4 Å². The van der Waals surface area contributed by atoms with Crippen LogP contribution in [0.5, 0.6) is 0 Å². The fourth-order valence-electron chi connectivity index (χ4n) is 2.00. The number of benzene rings is 1. The third kappa shape index (κ3) is 5.02. The number of nitrogens with one attached hydrogen (secondary N) is 1. The van der Waals surface area contributed by atoms with Crippen molar-refractivity contribution in [3.63, 3.8) is 0 Å². The summed E-state index contributed by atoms with van der Waals surface area (Å²) < 4.78 is 17.5. The molecule has 0 fully saturated rings. The van der Waals surface area contributed by atoms with E-state index in [0.717, 1.165) is 6.42 Å². The molecule has 0 bridgehead atoms. The second-order valence-corrected chi connectivity index (χ2v) is 4.95. The van der Waals surface area contributed by atoms with Gasteiger partial charge >= 0.3 is 5.97 Å². The first-order chi connectivity index (χ1) is 9.91. The van der Waals surface area contributed by atoms with E-state index in [0.29, 0.717) is 12.0 Å². The van der Waals surface area contributed by atoms with Crippen LogP contribution in [0.1, 0.15) is 32.3 Å². The molecule has 4 nitrogen and oxygen atoms in total. The fourth-order valence-corrected chi connectivity index (χ4v) is 2.00. The second-order valence-electron chi connectivity index (χ2n) is 4.95. The summed E-state index contributed by atoms with van der Waals surface area (Å²) in [5.41, 5.74) is -0.352.